The van der Waals surface area contributed by atoms with Gasteiger partial charge in [0, 0.05) is 37.6 Å². The van der Waals surface area contributed by atoms with Crippen molar-refractivity contribution in [3.63, 3.8) is 0 Å². The second-order valence-electron chi connectivity index (χ2n) is 7.98. The summed E-state index contributed by atoms with van der Waals surface area (Å²) in [5.74, 6) is 1.97. The van der Waals surface area contributed by atoms with Gasteiger partial charge in [0.05, 0.1) is 5.39 Å². The Labute approximate surface area is 164 Å². The average Bonchev–Trinajstić information content (AvgIpc) is 3.07. The molecule has 3 heterocycles. The zero-order chi connectivity index (χ0) is 18.2. The van der Waals surface area contributed by atoms with E-state index in [1.165, 1.54) is 46.4 Å². The van der Waals surface area contributed by atoms with Gasteiger partial charge in [-0.25, -0.2) is 9.97 Å². The van der Waals surface area contributed by atoms with Crippen molar-refractivity contribution >= 4 is 27.4 Å². The number of aryl methyl sites for hydroxylation is 1. The molecule has 1 saturated heterocycles. The van der Waals surface area contributed by atoms with Gasteiger partial charge in [0.15, 0.2) is 0 Å². The van der Waals surface area contributed by atoms with Gasteiger partial charge in [-0.2, -0.15) is 0 Å². The number of thiophene rings is 1. The number of anilines is 1. The minimum Gasteiger partial charge on any atom is -0.353 e. The van der Waals surface area contributed by atoms with E-state index in [1.807, 2.05) is 11.3 Å². The van der Waals surface area contributed by atoms with Gasteiger partial charge in [-0.1, -0.05) is 37.3 Å². The van der Waals surface area contributed by atoms with Crippen molar-refractivity contribution < 1.29 is 0 Å². The van der Waals surface area contributed by atoms with Gasteiger partial charge < -0.3 is 4.90 Å². The number of nitrogens with zero attached hydrogens (tertiary/aromatic N) is 4. The quantitative estimate of drug-likeness (QED) is 0.686. The van der Waals surface area contributed by atoms with E-state index in [0.717, 1.165) is 38.6 Å². The summed E-state index contributed by atoms with van der Waals surface area (Å²) in [6, 6.07) is 10.8. The van der Waals surface area contributed by atoms with Crippen molar-refractivity contribution in [3.8, 4) is 0 Å². The summed E-state index contributed by atoms with van der Waals surface area (Å²) in [7, 11) is 0. The van der Waals surface area contributed by atoms with E-state index in [-0.39, 0.29) is 0 Å². The lowest BCUT2D eigenvalue weighted by molar-refractivity contribution is 0.249. The number of rotatable bonds is 3. The number of fused-ring (bicyclic) bond motifs is 3. The van der Waals surface area contributed by atoms with Crippen LogP contribution in [0, 0.1) is 5.92 Å². The summed E-state index contributed by atoms with van der Waals surface area (Å²) >= 11 is 1.90. The van der Waals surface area contributed by atoms with Gasteiger partial charge in [-0.3, -0.25) is 4.90 Å². The number of piperazine rings is 1. The highest BCUT2D eigenvalue weighted by molar-refractivity contribution is 7.19. The Hall–Kier alpha value is -1.98. The first-order chi connectivity index (χ1) is 13.3. The fourth-order valence-electron chi connectivity index (χ4n) is 4.46. The van der Waals surface area contributed by atoms with E-state index in [4.69, 9.17) is 4.98 Å². The number of hydrogen-bond acceptors (Lipinski definition) is 5. The number of benzene rings is 1. The lowest BCUT2D eigenvalue weighted by Crippen LogP contribution is -2.46. The molecule has 0 bridgehead atoms. The van der Waals surface area contributed by atoms with Crippen LogP contribution in [0.1, 0.15) is 29.3 Å². The van der Waals surface area contributed by atoms with Gasteiger partial charge in [0.25, 0.3) is 0 Å². The Kier molecular flexibility index (Phi) is 4.58. The summed E-state index contributed by atoms with van der Waals surface area (Å²) < 4.78 is 0. The Bertz CT molecular complexity index is 928. The van der Waals surface area contributed by atoms with Crippen LogP contribution in [0.3, 0.4) is 0 Å². The molecule has 3 aromatic rings. The summed E-state index contributed by atoms with van der Waals surface area (Å²) in [6.07, 6.45) is 5.45. The van der Waals surface area contributed by atoms with Crippen LogP contribution >= 0.6 is 11.3 Å². The molecule has 1 aromatic carbocycles. The molecule has 1 aliphatic heterocycles. The van der Waals surface area contributed by atoms with Crippen LogP contribution in [0.25, 0.3) is 10.2 Å². The van der Waals surface area contributed by atoms with E-state index in [0.29, 0.717) is 0 Å². The van der Waals surface area contributed by atoms with Gasteiger partial charge in [-0.05, 0) is 36.3 Å². The van der Waals surface area contributed by atoms with Crippen LogP contribution in [-0.4, -0.2) is 41.0 Å². The minimum atomic E-state index is 0.795. The molecule has 0 N–H and O–H groups in total. The van der Waals surface area contributed by atoms with Crippen LogP contribution in [0.4, 0.5) is 5.82 Å². The SMILES string of the molecule is CC1CCc2c(sc3ncnc(N4CCN(Cc5ccccc5)CC4)c23)C1. The maximum atomic E-state index is 4.74. The molecule has 4 nitrogen and oxygen atoms in total. The lowest BCUT2D eigenvalue weighted by Gasteiger charge is -2.35. The third kappa shape index (κ3) is 3.34. The largest absolute Gasteiger partial charge is 0.353 e. The van der Waals surface area contributed by atoms with E-state index in [2.05, 4.69) is 52.0 Å². The van der Waals surface area contributed by atoms with Crippen LogP contribution in [0.2, 0.25) is 0 Å². The molecule has 27 heavy (non-hydrogen) atoms. The molecular formula is C22H26N4S. The molecule has 0 spiro atoms. The first kappa shape index (κ1) is 17.1. The van der Waals surface area contributed by atoms with E-state index >= 15 is 0 Å². The highest BCUT2D eigenvalue weighted by Crippen LogP contribution is 2.40. The first-order valence-electron chi connectivity index (χ1n) is 10.0. The molecule has 5 heteroatoms. The fourth-order valence-corrected chi connectivity index (χ4v) is 5.80. The highest BCUT2D eigenvalue weighted by atomic mass is 32.1. The number of hydrogen-bond donors (Lipinski definition) is 0. The van der Waals surface area contributed by atoms with E-state index < -0.39 is 0 Å². The Morgan fingerprint density at radius 2 is 1.89 bits per heavy atom. The molecule has 0 saturated carbocycles. The molecule has 1 aliphatic carbocycles. The molecule has 0 radical (unpaired) electrons. The van der Waals surface area contributed by atoms with Crippen LogP contribution in [0.5, 0.6) is 0 Å². The predicted molar refractivity (Wildman–Crippen MR) is 113 cm³/mol. The first-order valence-corrected chi connectivity index (χ1v) is 10.9. The third-order valence-corrected chi connectivity index (χ3v) is 7.15. The summed E-state index contributed by atoms with van der Waals surface area (Å²) in [5, 5.41) is 1.35. The molecule has 2 aromatic heterocycles. The highest BCUT2D eigenvalue weighted by Gasteiger charge is 2.26. The Morgan fingerprint density at radius 3 is 2.70 bits per heavy atom. The monoisotopic (exact) mass is 378 g/mol. The van der Waals surface area contributed by atoms with Crippen molar-refractivity contribution in [1.29, 1.82) is 0 Å². The third-order valence-electron chi connectivity index (χ3n) is 5.99. The lowest BCUT2D eigenvalue weighted by atomic mass is 9.89. The second-order valence-corrected chi connectivity index (χ2v) is 9.06. The van der Waals surface area contributed by atoms with Crippen molar-refractivity contribution in [1.82, 2.24) is 14.9 Å². The fraction of sp³-hybridized carbons (Fsp3) is 0.455. The van der Waals surface area contributed by atoms with Crippen LogP contribution < -0.4 is 4.90 Å². The topological polar surface area (TPSA) is 32.3 Å². The molecule has 1 unspecified atom stereocenters. The molecule has 1 atom stereocenters. The summed E-state index contributed by atoms with van der Waals surface area (Å²) in [5.41, 5.74) is 2.94. The Morgan fingerprint density at radius 1 is 1.07 bits per heavy atom. The van der Waals surface area contributed by atoms with Crippen LogP contribution in [0.15, 0.2) is 36.7 Å². The predicted octanol–water partition coefficient (Wildman–Crippen LogP) is 4.14. The van der Waals surface area contributed by atoms with Gasteiger partial charge in [0.1, 0.15) is 17.0 Å². The summed E-state index contributed by atoms with van der Waals surface area (Å²) in [4.78, 5) is 17.1. The molecule has 0 amide bonds. The molecule has 140 valence electrons. The molecule has 5 rings (SSSR count). The van der Waals surface area contributed by atoms with Crippen LogP contribution in [-0.2, 0) is 19.4 Å². The zero-order valence-electron chi connectivity index (χ0n) is 15.9. The maximum Gasteiger partial charge on any atom is 0.141 e. The molecule has 1 fully saturated rings. The van der Waals surface area contributed by atoms with Crippen molar-refractivity contribution in [2.45, 2.75) is 32.7 Å². The molecule has 2 aliphatic rings. The normalized spacial score (nSPS) is 20.8. The number of aromatic nitrogens is 2. The van der Waals surface area contributed by atoms with E-state index in [1.54, 1.807) is 11.2 Å². The van der Waals surface area contributed by atoms with Crippen molar-refractivity contribution in [3.05, 3.63) is 52.7 Å². The average molecular weight is 379 g/mol. The minimum absolute atomic E-state index is 0.795. The standard InChI is InChI=1S/C22H26N4S/c1-16-7-8-18-19(13-16)27-22-20(18)21(23-15-24-22)26-11-9-25(10-12-26)14-17-5-3-2-4-6-17/h2-6,15-16H,7-14H2,1H3. The van der Waals surface area contributed by atoms with Crippen molar-refractivity contribution in [2.75, 3.05) is 31.1 Å². The Balaban J connectivity index is 1.36. The van der Waals surface area contributed by atoms with Gasteiger partial charge in [0.2, 0.25) is 0 Å². The zero-order valence-corrected chi connectivity index (χ0v) is 16.7. The van der Waals surface area contributed by atoms with E-state index in [9.17, 15) is 0 Å². The van der Waals surface area contributed by atoms with Crippen molar-refractivity contribution in [2.24, 2.45) is 5.92 Å². The van der Waals surface area contributed by atoms with Gasteiger partial charge in [-0.15, -0.1) is 11.3 Å². The smallest absolute Gasteiger partial charge is 0.141 e. The second kappa shape index (κ2) is 7.21. The summed E-state index contributed by atoms with van der Waals surface area (Å²) in [6.45, 7) is 7.67. The van der Waals surface area contributed by atoms with Gasteiger partial charge >= 0.3 is 0 Å². The molecular weight excluding hydrogens is 352 g/mol. The maximum absolute atomic E-state index is 4.74.